The molecule has 0 saturated carbocycles. The van der Waals surface area contributed by atoms with Gasteiger partial charge in [-0.25, -0.2) is 8.42 Å². The molecule has 6 nitrogen and oxygen atoms in total. The van der Waals surface area contributed by atoms with Crippen LogP contribution in [0.4, 0.5) is 5.69 Å². The van der Waals surface area contributed by atoms with Gasteiger partial charge in [0, 0.05) is 17.6 Å². The average Bonchev–Trinajstić information content (AvgIpc) is 3.00. The molecule has 0 bridgehead atoms. The summed E-state index contributed by atoms with van der Waals surface area (Å²) in [6.45, 7) is 0. The van der Waals surface area contributed by atoms with Crippen molar-refractivity contribution in [2.24, 2.45) is 7.05 Å². The van der Waals surface area contributed by atoms with Gasteiger partial charge < -0.3 is 4.57 Å². The zero-order valence-corrected chi connectivity index (χ0v) is 14.9. The Morgan fingerprint density at radius 1 is 1.12 bits per heavy atom. The Bertz CT molecular complexity index is 1010. The van der Waals surface area contributed by atoms with Crippen molar-refractivity contribution in [3.8, 4) is 11.4 Å². The molecule has 25 heavy (non-hydrogen) atoms. The summed E-state index contributed by atoms with van der Waals surface area (Å²) >= 11 is 5.82. The van der Waals surface area contributed by atoms with Crippen LogP contribution in [0.1, 0.15) is 5.56 Å². The van der Waals surface area contributed by atoms with E-state index < -0.39 is 10.0 Å². The SMILES string of the molecule is Cn1cnnc1-c1ccccc1NS(=O)(=O)C=Cc1ccc(Cl)cc1. The molecule has 0 aliphatic rings. The van der Waals surface area contributed by atoms with Crippen LogP contribution in [0, 0.1) is 0 Å². The first-order chi connectivity index (χ1) is 11.9. The summed E-state index contributed by atoms with van der Waals surface area (Å²) in [5, 5.41) is 9.56. The summed E-state index contributed by atoms with van der Waals surface area (Å²) in [4.78, 5) is 0. The van der Waals surface area contributed by atoms with Gasteiger partial charge in [-0.1, -0.05) is 35.9 Å². The van der Waals surface area contributed by atoms with E-state index in [4.69, 9.17) is 11.6 Å². The molecule has 0 atom stereocenters. The van der Waals surface area contributed by atoms with Crippen molar-refractivity contribution in [2.45, 2.75) is 0 Å². The summed E-state index contributed by atoms with van der Waals surface area (Å²) < 4.78 is 29.0. The Balaban J connectivity index is 1.87. The molecule has 0 saturated heterocycles. The molecule has 3 aromatic rings. The Hall–Kier alpha value is -2.64. The summed E-state index contributed by atoms with van der Waals surface area (Å²) in [5.41, 5.74) is 1.81. The fraction of sp³-hybridized carbons (Fsp3) is 0.0588. The highest BCUT2D eigenvalue weighted by Crippen LogP contribution is 2.26. The second-order valence-electron chi connectivity index (χ2n) is 5.31. The van der Waals surface area contributed by atoms with Crippen molar-refractivity contribution in [1.29, 1.82) is 0 Å². The minimum atomic E-state index is -3.69. The fourth-order valence-corrected chi connectivity index (χ4v) is 3.24. The normalized spacial score (nSPS) is 11.8. The van der Waals surface area contributed by atoms with Crippen LogP contribution >= 0.6 is 11.6 Å². The second-order valence-corrected chi connectivity index (χ2v) is 7.32. The van der Waals surface area contributed by atoms with Crippen LogP contribution < -0.4 is 4.72 Å². The predicted molar refractivity (Wildman–Crippen MR) is 99.5 cm³/mol. The van der Waals surface area contributed by atoms with E-state index in [0.29, 0.717) is 22.1 Å². The van der Waals surface area contributed by atoms with Crippen LogP contribution in [-0.2, 0) is 17.1 Å². The molecule has 1 heterocycles. The fourth-order valence-electron chi connectivity index (χ4n) is 2.22. The molecule has 3 rings (SSSR count). The second kappa shape index (κ2) is 7.08. The summed E-state index contributed by atoms with van der Waals surface area (Å²) in [7, 11) is -1.90. The largest absolute Gasteiger partial charge is 0.317 e. The quantitative estimate of drug-likeness (QED) is 0.740. The van der Waals surface area contributed by atoms with Crippen molar-refractivity contribution < 1.29 is 8.42 Å². The lowest BCUT2D eigenvalue weighted by Crippen LogP contribution is -2.10. The number of nitrogens with zero attached hydrogens (tertiary/aromatic N) is 3. The first-order valence-corrected chi connectivity index (χ1v) is 9.27. The smallest absolute Gasteiger partial charge is 0.255 e. The number of hydrogen-bond acceptors (Lipinski definition) is 4. The molecule has 0 amide bonds. The van der Waals surface area contributed by atoms with Crippen LogP contribution in [0.25, 0.3) is 17.5 Å². The first-order valence-electron chi connectivity index (χ1n) is 7.34. The molecule has 0 fully saturated rings. The van der Waals surface area contributed by atoms with Gasteiger partial charge in [-0.05, 0) is 35.9 Å². The van der Waals surface area contributed by atoms with Crippen molar-refractivity contribution in [3.05, 3.63) is 70.9 Å². The van der Waals surface area contributed by atoms with Gasteiger partial charge in [0.25, 0.3) is 10.0 Å². The third-order valence-electron chi connectivity index (χ3n) is 3.44. The molecule has 1 N–H and O–H groups in total. The summed E-state index contributed by atoms with van der Waals surface area (Å²) in [6, 6.07) is 13.9. The van der Waals surface area contributed by atoms with Crippen LogP contribution in [0.15, 0.2) is 60.3 Å². The van der Waals surface area contributed by atoms with E-state index in [1.807, 2.05) is 6.07 Å². The number of aryl methyl sites for hydroxylation is 1. The highest BCUT2D eigenvalue weighted by Gasteiger charge is 2.13. The van der Waals surface area contributed by atoms with E-state index in [-0.39, 0.29) is 0 Å². The van der Waals surface area contributed by atoms with Crippen LogP contribution in [0.2, 0.25) is 5.02 Å². The molecule has 128 valence electrons. The van der Waals surface area contributed by atoms with Crippen LogP contribution in [0.3, 0.4) is 0 Å². The van der Waals surface area contributed by atoms with Crippen LogP contribution in [-0.4, -0.2) is 23.2 Å². The van der Waals surface area contributed by atoms with Crippen molar-refractivity contribution in [2.75, 3.05) is 4.72 Å². The maximum atomic E-state index is 12.4. The van der Waals surface area contributed by atoms with Gasteiger partial charge in [0.1, 0.15) is 6.33 Å². The summed E-state index contributed by atoms with van der Waals surface area (Å²) in [6.07, 6.45) is 3.06. The number of para-hydroxylation sites is 1. The Morgan fingerprint density at radius 3 is 2.52 bits per heavy atom. The Labute approximate surface area is 150 Å². The van der Waals surface area contributed by atoms with E-state index in [1.54, 1.807) is 60.4 Å². The number of sulfonamides is 1. The lowest BCUT2D eigenvalue weighted by molar-refractivity contribution is 0.609. The third-order valence-corrected chi connectivity index (χ3v) is 4.69. The maximum Gasteiger partial charge on any atom is 0.255 e. The van der Waals surface area contributed by atoms with Gasteiger partial charge in [0.15, 0.2) is 5.82 Å². The zero-order chi connectivity index (χ0) is 17.9. The molecule has 0 spiro atoms. The monoisotopic (exact) mass is 374 g/mol. The molecule has 0 unspecified atom stereocenters. The van der Waals surface area contributed by atoms with Gasteiger partial charge in [-0.3, -0.25) is 4.72 Å². The number of halogens is 1. The number of hydrogen-bond donors (Lipinski definition) is 1. The first kappa shape index (κ1) is 17.2. The highest BCUT2D eigenvalue weighted by molar-refractivity contribution is 7.95. The van der Waals surface area contributed by atoms with Gasteiger partial charge >= 0.3 is 0 Å². The molecule has 1 aromatic heterocycles. The zero-order valence-electron chi connectivity index (χ0n) is 13.3. The Kier molecular flexibility index (Phi) is 4.87. The van der Waals surface area contributed by atoms with Gasteiger partial charge in [-0.2, -0.15) is 0 Å². The number of nitrogens with one attached hydrogen (secondary N) is 1. The van der Waals surface area contributed by atoms with Gasteiger partial charge in [-0.15, -0.1) is 10.2 Å². The molecular formula is C17H15ClN4O2S. The van der Waals surface area contributed by atoms with E-state index in [2.05, 4.69) is 14.9 Å². The topological polar surface area (TPSA) is 76.9 Å². The average molecular weight is 375 g/mol. The van der Waals surface area contributed by atoms with Crippen molar-refractivity contribution >= 4 is 33.4 Å². The van der Waals surface area contributed by atoms with E-state index in [0.717, 1.165) is 11.0 Å². The lowest BCUT2D eigenvalue weighted by atomic mass is 10.2. The van der Waals surface area contributed by atoms with Crippen LogP contribution in [0.5, 0.6) is 0 Å². The molecule has 0 aliphatic heterocycles. The minimum absolute atomic E-state index is 0.430. The van der Waals surface area contributed by atoms with Gasteiger partial charge in [0.2, 0.25) is 0 Å². The molecule has 0 radical (unpaired) electrons. The maximum absolute atomic E-state index is 12.4. The number of benzene rings is 2. The molecule has 0 aliphatic carbocycles. The van der Waals surface area contributed by atoms with E-state index in [1.165, 1.54) is 6.08 Å². The molecule has 8 heteroatoms. The highest BCUT2D eigenvalue weighted by atomic mass is 35.5. The van der Waals surface area contributed by atoms with Crippen molar-refractivity contribution in [3.63, 3.8) is 0 Å². The number of anilines is 1. The molecular weight excluding hydrogens is 360 g/mol. The lowest BCUT2D eigenvalue weighted by Gasteiger charge is -2.10. The number of aromatic nitrogens is 3. The van der Waals surface area contributed by atoms with E-state index >= 15 is 0 Å². The minimum Gasteiger partial charge on any atom is -0.317 e. The summed E-state index contributed by atoms with van der Waals surface area (Å²) in [5.74, 6) is 0.569. The Morgan fingerprint density at radius 2 is 1.84 bits per heavy atom. The van der Waals surface area contributed by atoms with Crippen molar-refractivity contribution in [1.82, 2.24) is 14.8 Å². The number of rotatable bonds is 5. The standard InChI is InChI=1S/C17H15ClN4O2S/c1-22-12-19-20-17(22)15-4-2-3-5-16(15)21-25(23,24)11-10-13-6-8-14(18)9-7-13/h2-12,21H,1H3. The van der Waals surface area contributed by atoms with Gasteiger partial charge in [0.05, 0.1) is 11.1 Å². The van der Waals surface area contributed by atoms with E-state index in [9.17, 15) is 8.42 Å². The predicted octanol–water partition coefficient (Wildman–Crippen LogP) is 3.55. The molecule has 2 aromatic carbocycles. The third kappa shape index (κ3) is 4.26.